The number of rotatable bonds is 6. The molecule has 1 aliphatic rings. The number of aryl methyl sites for hydroxylation is 2. The first-order valence-electron chi connectivity index (χ1n) is 8.61. The first-order chi connectivity index (χ1) is 11.6. The molecule has 0 saturated carbocycles. The molecule has 1 N–H and O–H groups in total. The van der Waals surface area contributed by atoms with Crippen LogP contribution in [0.4, 0.5) is 0 Å². The van der Waals surface area contributed by atoms with Gasteiger partial charge in [-0.25, -0.2) is 0 Å². The second-order valence-electron chi connectivity index (χ2n) is 6.42. The summed E-state index contributed by atoms with van der Waals surface area (Å²) >= 11 is 1.43. The number of hydrogen-bond donors (Lipinski definition) is 1. The van der Waals surface area contributed by atoms with Crippen molar-refractivity contribution in [3.63, 3.8) is 0 Å². The van der Waals surface area contributed by atoms with Crippen molar-refractivity contribution in [2.45, 2.75) is 51.5 Å². The highest BCUT2D eigenvalue weighted by atomic mass is 32.1. The molecule has 0 aliphatic heterocycles. The fraction of sp³-hybridized carbons (Fsp3) is 0.400. The van der Waals surface area contributed by atoms with Crippen LogP contribution in [0.3, 0.4) is 0 Å². The van der Waals surface area contributed by atoms with Crippen molar-refractivity contribution in [1.82, 2.24) is 5.32 Å². The van der Waals surface area contributed by atoms with Crippen LogP contribution in [0.15, 0.2) is 35.7 Å². The van der Waals surface area contributed by atoms with E-state index in [9.17, 15) is 9.59 Å². The van der Waals surface area contributed by atoms with E-state index in [0.717, 1.165) is 16.9 Å². The quantitative estimate of drug-likeness (QED) is 0.788. The van der Waals surface area contributed by atoms with E-state index in [-0.39, 0.29) is 30.6 Å². The number of fused-ring (bicyclic) bond motifs is 1. The van der Waals surface area contributed by atoms with E-state index in [2.05, 4.69) is 23.5 Å². The van der Waals surface area contributed by atoms with Gasteiger partial charge in [-0.3, -0.25) is 9.59 Å². The van der Waals surface area contributed by atoms with E-state index in [1.807, 2.05) is 18.4 Å². The zero-order valence-electron chi connectivity index (χ0n) is 14.0. The summed E-state index contributed by atoms with van der Waals surface area (Å²) in [7, 11) is 0. The van der Waals surface area contributed by atoms with E-state index < -0.39 is 0 Å². The van der Waals surface area contributed by atoms with Gasteiger partial charge < -0.3 is 5.32 Å². The summed E-state index contributed by atoms with van der Waals surface area (Å²) in [5.74, 6) is -0.0216. The summed E-state index contributed by atoms with van der Waals surface area (Å²) in [5.41, 5.74) is 4.02. The SMILES string of the molecule is CC(NC(=O)CCC(=O)c1cccs1)c1ccc2c(c1)CCCC2. The number of Topliss-reactive ketones (excluding diaryl/α,β-unsaturated/α-hetero) is 1. The monoisotopic (exact) mass is 341 g/mol. The summed E-state index contributed by atoms with van der Waals surface area (Å²) in [6, 6.07) is 10.2. The Hall–Kier alpha value is -1.94. The molecular formula is C20H23NO2S. The van der Waals surface area contributed by atoms with Crippen molar-refractivity contribution in [2.24, 2.45) is 0 Å². The predicted molar refractivity (Wildman–Crippen MR) is 97.5 cm³/mol. The molecule has 0 fully saturated rings. The van der Waals surface area contributed by atoms with Crippen LogP contribution >= 0.6 is 11.3 Å². The standard InChI is InChI=1S/C20H23NO2S/c1-14(16-9-8-15-5-2-3-6-17(15)13-16)21-20(23)11-10-18(22)19-7-4-12-24-19/h4,7-9,12-14H,2-3,5-6,10-11H2,1H3,(H,21,23). The van der Waals surface area contributed by atoms with Gasteiger partial charge >= 0.3 is 0 Å². The highest BCUT2D eigenvalue weighted by molar-refractivity contribution is 7.12. The van der Waals surface area contributed by atoms with Gasteiger partial charge in [-0.1, -0.05) is 24.3 Å². The van der Waals surface area contributed by atoms with Gasteiger partial charge in [0.25, 0.3) is 0 Å². The Morgan fingerprint density at radius 3 is 2.67 bits per heavy atom. The molecule has 1 aliphatic carbocycles. The first kappa shape index (κ1) is 16.9. The molecule has 0 bridgehead atoms. The Bertz CT molecular complexity index is 721. The van der Waals surface area contributed by atoms with Gasteiger partial charge in [-0.15, -0.1) is 11.3 Å². The molecule has 1 atom stereocenters. The fourth-order valence-corrected chi connectivity index (χ4v) is 3.90. The maximum absolute atomic E-state index is 12.1. The summed E-state index contributed by atoms with van der Waals surface area (Å²) in [6.45, 7) is 2.00. The number of carbonyl (C=O) groups is 2. The average Bonchev–Trinajstić information content (AvgIpc) is 3.14. The number of hydrogen-bond acceptors (Lipinski definition) is 3. The molecular weight excluding hydrogens is 318 g/mol. The van der Waals surface area contributed by atoms with Gasteiger partial charge in [0.05, 0.1) is 10.9 Å². The fourth-order valence-electron chi connectivity index (χ4n) is 3.21. The average molecular weight is 341 g/mol. The minimum absolute atomic E-state index is 0.0263. The molecule has 24 heavy (non-hydrogen) atoms. The largest absolute Gasteiger partial charge is 0.350 e. The van der Waals surface area contributed by atoms with Crippen LogP contribution < -0.4 is 5.32 Å². The summed E-state index contributed by atoms with van der Waals surface area (Å²) < 4.78 is 0. The third-order valence-electron chi connectivity index (χ3n) is 4.63. The second-order valence-corrected chi connectivity index (χ2v) is 7.37. The molecule has 3 rings (SSSR count). The van der Waals surface area contributed by atoms with Crippen molar-refractivity contribution in [2.75, 3.05) is 0 Å². The molecule has 126 valence electrons. The van der Waals surface area contributed by atoms with Crippen molar-refractivity contribution in [1.29, 1.82) is 0 Å². The predicted octanol–water partition coefficient (Wildman–Crippen LogP) is 4.47. The molecule has 3 nitrogen and oxygen atoms in total. The smallest absolute Gasteiger partial charge is 0.220 e. The van der Waals surface area contributed by atoms with Crippen LogP contribution in [-0.4, -0.2) is 11.7 Å². The summed E-state index contributed by atoms with van der Waals surface area (Å²) in [5, 5.41) is 4.90. The molecule has 1 aromatic heterocycles. The molecule has 0 saturated heterocycles. The zero-order chi connectivity index (χ0) is 16.9. The lowest BCUT2D eigenvalue weighted by Crippen LogP contribution is -2.27. The van der Waals surface area contributed by atoms with E-state index in [1.54, 1.807) is 6.07 Å². The van der Waals surface area contributed by atoms with Gasteiger partial charge in [0.1, 0.15) is 0 Å². The topological polar surface area (TPSA) is 46.2 Å². The summed E-state index contributed by atoms with van der Waals surface area (Å²) in [4.78, 5) is 24.8. The number of benzene rings is 1. The lowest BCUT2D eigenvalue weighted by Gasteiger charge is -2.20. The van der Waals surface area contributed by atoms with Crippen molar-refractivity contribution >= 4 is 23.0 Å². The maximum atomic E-state index is 12.1. The summed E-state index contributed by atoms with van der Waals surface area (Å²) in [6.07, 6.45) is 5.34. The first-order valence-corrected chi connectivity index (χ1v) is 9.49. The highest BCUT2D eigenvalue weighted by Crippen LogP contribution is 2.24. The minimum Gasteiger partial charge on any atom is -0.350 e. The molecule has 4 heteroatoms. The van der Waals surface area contributed by atoms with Crippen LogP contribution in [-0.2, 0) is 17.6 Å². The van der Waals surface area contributed by atoms with E-state index in [4.69, 9.17) is 0 Å². The van der Waals surface area contributed by atoms with Crippen LogP contribution in [0.2, 0.25) is 0 Å². The third-order valence-corrected chi connectivity index (χ3v) is 5.54. The Balaban J connectivity index is 1.53. The minimum atomic E-state index is -0.0647. The molecule has 1 unspecified atom stereocenters. The molecule has 1 heterocycles. The number of nitrogens with one attached hydrogen (secondary N) is 1. The maximum Gasteiger partial charge on any atom is 0.220 e. The molecule has 0 radical (unpaired) electrons. The normalized spacial score (nSPS) is 14.7. The molecule has 2 aromatic rings. The highest BCUT2D eigenvalue weighted by Gasteiger charge is 2.15. The number of thiophene rings is 1. The van der Waals surface area contributed by atoms with E-state index >= 15 is 0 Å². The van der Waals surface area contributed by atoms with E-state index in [0.29, 0.717) is 0 Å². The second kappa shape index (κ2) is 7.75. The van der Waals surface area contributed by atoms with Crippen LogP contribution in [0.5, 0.6) is 0 Å². The molecule has 1 aromatic carbocycles. The number of carbonyl (C=O) groups excluding carboxylic acids is 2. The Labute approximate surface area is 147 Å². The van der Waals surface area contributed by atoms with Crippen molar-refractivity contribution in [3.8, 4) is 0 Å². The van der Waals surface area contributed by atoms with Crippen molar-refractivity contribution < 1.29 is 9.59 Å². The van der Waals surface area contributed by atoms with Gasteiger partial charge in [0.2, 0.25) is 5.91 Å². The Morgan fingerprint density at radius 2 is 1.92 bits per heavy atom. The van der Waals surface area contributed by atoms with Crippen molar-refractivity contribution in [3.05, 3.63) is 57.3 Å². The third kappa shape index (κ3) is 4.12. The van der Waals surface area contributed by atoms with Gasteiger partial charge in [-0.2, -0.15) is 0 Å². The van der Waals surface area contributed by atoms with E-state index in [1.165, 1.54) is 41.7 Å². The lowest BCUT2D eigenvalue weighted by atomic mass is 9.89. The van der Waals surface area contributed by atoms with Gasteiger partial charge in [-0.05, 0) is 60.7 Å². The molecule has 0 spiro atoms. The van der Waals surface area contributed by atoms with Crippen LogP contribution in [0, 0.1) is 0 Å². The van der Waals surface area contributed by atoms with Gasteiger partial charge in [0, 0.05) is 12.8 Å². The number of ketones is 1. The van der Waals surface area contributed by atoms with Crippen LogP contribution in [0.1, 0.15) is 65.0 Å². The Morgan fingerprint density at radius 1 is 1.12 bits per heavy atom. The molecule has 1 amide bonds. The lowest BCUT2D eigenvalue weighted by molar-refractivity contribution is -0.121. The zero-order valence-corrected chi connectivity index (χ0v) is 14.8. The Kier molecular flexibility index (Phi) is 5.46. The van der Waals surface area contributed by atoms with Crippen LogP contribution in [0.25, 0.3) is 0 Å². The van der Waals surface area contributed by atoms with Gasteiger partial charge in [0.15, 0.2) is 5.78 Å². The number of amides is 1.